The molecule has 0 radical (unpaired) electrons. The summed E-state index contributed by atoms with van der Waals surface area (Å²) in [6.07, 6.45) is 1.15. The standard InChI is InChI=1S/C20H22N2O3/c1-3-14-5-4-6-17(11-14)22-13-15(12-19(22)23)20(24)21-16-7-9-18(25-2)10-8-16/h4-11,15H,3,12-13H2,1-2H3,(H,21,24)/t15-/m0/s1. The van der Waals surface area contributed by atoms with Crippen molar-refractivity contribution in [2.24, 2.45) is 5.92 Å². The molecule has 3 rings (SSSR count). The monoisotopic (exact) mass is 338 g/mol. The smallest absolute Gasteiger partial charge is 0.229 e. The number of hydrogen-bond donors (Lipinski definition) is 1. The highest BCUT2D eigenvalue weighted by Gasteiger charge is 2.35. The number of nitrogens with one attached hydrogen (secondary N) is 1. The van der Waals surface area contributed by atoms with Crippen LogP contribution in [0.5, 0.6) is 5.75 Å². The predicted molar refractivity (Wildman–Crippen MR) is 97.9 cm³/mol. The van der Waals surface area contributed by atoms with Crippen LogP contribution in [0.3, 0.4) is 0 Å². The number of rotatable bonds is 5. The van der Waals surface area contributed by atoms with Crippen LogP contribution in [-0.4, -0.2) is 25.5 Å². The fourth-order valence-corrected chi connectivity index (χ4v) is 3.00. The zero-order valence-corrected chi connectivity index (χ0v) is 14.5. The second-order valence-corrected chi connectivity index (χ2v) is 6.15. The molecule has 1 aliphatic heterocycles. The van der Waals surface area contributed by atoms with Crippen molar-refractivity contribution in [2.75, 3.05) is 23.9 Å². The lowest BCUT2D eigenvalue weighted by Crippen LogP contribution is -2.28. The second-order valence-electron chi connectivity index (χ2n) is 6.15. The topological polar surface area (TPSA) is 58.6 Å². The van der Waals surface area contributed by atoms with Crippen molar-refractivity contribution in [3.63, 3.8) is 0 Å². The van der Waals surface area contributed by atoms with E-state index in [1.165, 1.54) is 5.56 Å². The Morgan fingerprint density at radius 2 is 2.00 bits per heavy atom. The molecule has 1 atom stereocenters. The third-order valence-electron chi connectivity index (χ3n) is 4.48. The van der Waals surface area contributed by atoms with Gasteiger partial charge >= 0.3 is 0 Å². The molecule has 2 aromatic rings. The zero-order chi connectivity index (χ0) is 17.8. The summed E-state index contributed by atoms with van der Waals surface area (Å²) in [4.78, 5) is 26.6. The van der Waals surface area contributed by atoms with Gasteiger partial charge in [-0.05, 0) is 48.4 Å². The molecule has 5 heteroatoms. The van der Waals surface area contributed by atoms with E-state index in [0.717, 1.165) is 17.9 Å². The minimum absolute atomic E-state index is 0.0110. The summed E-state index contributed by atoms with van der Waals surface area (Å²) in [5.74, 6) is 0.242. The van der Waals surface area contributed by atoms with Crippen molar-refractivity contribution in [2.45, 2.75) is 19.8 Å². The fraction of sp³-hybridized carbons (Fsp3) is 0.300. The zero-order valence-electron chi connectivity index (χ0n) is 14.5. The molecule has 0 aliphatic carbocycles. The van der Waals surface area contributed by atoms with Gasteiger partial charge in [0.1, 0.15) is 5.75 Å². The Bertz CT molecular complexity index is 771. The first-order valence-electron chi connectivity index (χ1n) is 8.45. The van der Waals surface area contributed by atoms with Crippen LogP contribution in [0.25, 0.3) is 0 Å². The quantitative estimate of drug-likeness (QED) is 0.910. The maximum Gasteiger partial charge on any atom is 0.229 e. The van der Waals surface area contributed by atoms with Crippen LogP contribution in [0, 0.1) is 5.92 Å². The van der Waals surface area contributed by atoms with Gasteiger partial charge in [-0.25, -0.2) is 0 Å². The Morgan fingerprint density at radius 3 is 2.68 bits per heavy atom. The van der Waals surface area contributed by atoms with E-state index in [1.54, 1.807) is 36.3 Å². The highest BCUT2D eigenvalue weighted by molar-refractivity contribution is 6.03. The molecule has 0 spiro atoms. The van der Waals surface area contributed by atoms with Gasteiger partial charge in [0.15, 0.2) is 0 Å². The lowest BCUT2D eigenvalue weighted by molar-refractivity contribution is -0.122. The van der Waals surface area contributed by atoms with Gasteiger partial charge in [0.25, 0.3) is 0 Å². The van der Waals surface area contributed by atoms with Crippen molar-refractivity contribution < 1.29 is 14.3 Å². The van der Waals surface area contributed by atoms with Crippen molar-refractivity contribution in [3.8, 4) is 5.75 Å². The predicted octanol–water partition coefficient (Wildman–Crippen LogP) is 3.25. The molecular weight excluding hydrogens is 316 g/mol. The number of anilines is 2. The summed E-state index contributed by atoms with van der Waals surface area (Å²) in [6, 6.07) is 15.1. The van der Waals surface area contributed by atoms with Gasteiger partial charge in [-0.15, -0.1) is 0 Å². The number of nitrogens with zero attached hydrogens (tertiary/aromatic N) is 1. The Balaban J connectivity index is 1.67. The molecule has 2 aromatic carbocycles. The molecule has 1 N–H and O–H groups in total. The molecule has 25 heavy (non-hydrogen) atoms. The third-order valence-corrected chi connectivity index (χ3v) is 4.48. The lowest BCUT2D eigenvalue weighted by atomic mass is 10.1. The molecular formula is C20H22N2O3. The summed E-state index contributed by atoms with van der Waals surface area (Å²) in [7, 11) is 1.60. The second kappa shape index (κ2) is 7.38. The average Bonchev–Trinajstić information content (AvgIpc) is 3.04. The summed E-state index contributed by atoms with van der Waals surface area (Å²) in [6.45, 7) is 2.49. The Labute approximate surface area is 147 Å². The van der Waals surface area contributed by atoms with Crippen LogP contribution in [0.4, 0.5) is 11.4 Å². The molecule has 130 valence electrons. The van der Waals surface area contributed by atoms with Gasteiger partial charge in [-0.1, -0.05) is 19.1 Å². The SMILES string of the molecule is CCc1cccc(N2C[C@@H](C(=O)Nc3ccc(OC)cc3)CC2=O)c1. The first kappa shape index (κ1) is 17.0. The molecule has 0 unspecified atom stereocenters. The van der Waals surface area contributed by atoms with Crippen molar-refractivity contribution in [3.05, 3.63) is 54.1 Å². The molecule has 1 fully saturated rings. The number of ether oxygens (including phenoxy) is 1. The van der Waals surface area contributed by atoms with Crippen molar-refractivity contribution in [1.82, 2.24) is 0 Å². The van der Waals surface area contributed by atoms with E-state index < -0.39 is 0 Å². The Hall–Kier alpha value is -2.82. The van der Waals surface area contributed by atoms with Gasteiger partial charge in [0, 0.05) is 24.3 Å². The number of carbonyl (C=O) groups is 2. The maximum absolute atomic E-state index is 12.5. The van der Waals surface area contributed by atoms with E-state index >= 15 is 0 Å². The van der Waals surface area contributed by atoms with E-state index in [-0.39, 0.29) is 24.2 Å². The maximum atomic E-state index is 12.5. The van der Waals surface area contributed by atoms with Crippen LogP contribution in [0.2, 0.25) is 0 Å². The van der Waals surface area contributed by atoms with Crippen molar-refractivity contribution in [1.29, 1.82) is 0 Å². The normalized spacial score (nSPS) is 16.8. The minimum atomic E-state index is -0.347. The fourth-order valence-electron chi connectivity index (χ4n) is 3.00. The number of carbonyl (C=O) groups excluding carboxylic acids is 2. The molecule has 0 saturated carbocycles. The number of methoxy groups -OCH3 is 1. The summed E-state index contributed by atoms with van der Waals surface area (Å²) >= 11 is 0. The first-order valence-corrected chi connectivity index (χ1v) is 8.45. The Morgan fingerprint density at radius 1 is 1.24 bits per heavy atom. The largest absolute Gasteiger partial charge is 0.497 e. The van der Waals surface area contributed by atoms with E-state index in [4.69, 9.17) is 4.74 Å². The van der Waals surface area contributed by atoms with Gasteiger partial charge in [0.05, 0.1) is 13.0 Å². The summed E-state index contributed by atoms with van der Waals surface area (Å²) < 4.78 is 5.11. The third kappa shape index (κ3) is 3.82. The van der Waals surface area contributed by atoms with Crippen LogP contribution in [0.1, 0.15) is 18.9 Å². The number of amides is 2. The minimum Gasteiger partial charge on any atom is -0.497 e. The summed E-state index contributed by atoms with van der Waals surface area (Å²) in [5, 5.41) is 2.88. The van der Waals surface area contributed by atoms with E-state index in [0.29, 0.717) is 12.2 Å². The van der Waals surface area contributed by atoms with Crippen LogP contribution in [-0.2, 0) is 16.0 Å². The van der Waals surface area contributed by atoms with Gasteiger partial charge in [-0.2, -0.15) is 0 Å². The van der Waals surface area contributed by atoms with Crippen LogP contribution >= 0.6 is 0 Å². The van der Waals surface area contributed by atoms with Gasteiger partial charge < -0.3 is 15.0 Å². The molecule has 0 aromatic heterocycles. The number of benzene rings is 2. The highest BCUT2D eigenvalue weighted by Crippen LogP contribution is 2.27. The lowest BCUT2D eigenvalue weighted by Gasteiger charge is -2.17. The molecule has 2 amide bonds. The number of aryl methyl sites for hydroxylation is 1. The van der Waals surface area contributed by atoms with E-state index in [2.05, 4.69) is 12.2 Å². The van der Waals surface area contributed by atoms with Gasteiger partial charge in [-0.3, -0.25) is 9.59 Å². The van der Waals surface area contributed by atoms with E-state index in [9.17, 15) is 9.59 Å². The van der Waals surface area contributed by atoms with E-state index in [1.807, 2.05) is 24.3 Å². The molecule has 0 bridgehead atoms. The van der Waals surface area contributed by atoms with Crippen LogP contribution < -0.4 is 15.0 Å². The highest BCUT2D eigenvalue weighted by atomic mass is 16.5. The molecule has 1 saturated heterocycles. The Kier molecular flexibility index (Phi) is 5.03. The van der Waals surface area contributed by atoms with Gasteiger partial charge in [0.2, 0.25) is 11.8 Å². The molecule has 1 aliphatic rings. The van der Waals surface area contributed by atoms with Crippen LogP contribution in [0.15, 0.2) is 48.5 Å². The molecule has 1 heterocycles. The number of hydrogen-bond acceptors (Lipinski definition) is 3. The first-order chi connectivity index (χ1) is 12.1. The van der Waals surface area contributed by atoms with Crippen molar-refractivity contribution >= 4 is 23.2 Å². The summed E-state index contributed by atoms with van der Waals surface area (Å²) in [5.41, 5.74) is 2.74. The average molecular weight is 338 g/mol. The molecule has 5 nitrogen and oxygen atoms in total.